The molecule has 0 atom stereocenters. The van der Waals surface area contributed by atoms with Gasteiger partial charge in [0, 0.05) is 25.0 Å². The third-order valence-electron chi connectivity index (χ3n) is 5.49. The van der Waals surface area contributed by atoms with Crippen LogP contribution in [0.5, 0.6) is 0 Å². The summed E-state index contributed by atoms with van der Waals surface area (Å²) >= 11 is 5.63. The van der Waals surface area contributed by atoms with Crippen molar-refractivity contribution >= 4 is 11.6 Å². The molecule has 0 aromatic carbocycles. The number of hydrogen-bond donors (Lipinski definition) is 1. The number of rotatable bonds is 4. The van der Waals surface area contributed by atoms with E-state index in [1.165, 1.54) is 12.3 Å². The van der Waals surface area contributed by atoms with Crippen molar-refractivity contribution in [2.75, 3.05) is 13.1 Å². The Bertz CT molecular complexity index is 820. The maximum Gasteiger partial charge on any atom is 0.149 e. The van der Waals surface area contributed by atoms with Gasteiger partial charge in [0.25, 0.3) is 0 Å². The average molecular weight is 380 g/mol. The van der Waals surface area contributed by atoms with Gasteiger partial charge < -0.3 is 5.11 Å². The van der Waals surface area contributed by atoms with E-state index in [1.54, 1.807) is 6.20 Å². The summed E-state index contributed by atoms with van der Waals surface area (Å²) in [7, 11) is 0. The number of aromatic nitrogens is 2. The zero-order valence-electron chi connectivity index (χ0n) is 14.3. The topological polar surface area (TPSA) is 49.2 Å². The minimum absolute atomic E-state index is 0.00283. The molecule has 0 radical (unpaired) electrons. The first kappa shape index (κ1) is 17.8. The molecular formula is C19H20ClF2N3O. The van der Waals surface area contributed by atoms with E-state index in [0.29, 0.717) is 12.5 Å². The van der Waals surface area contributed by atoms with Crippen molar-refractivity contribution in [3.05, 3.63) is 46.9 Å². The molecule has 0 amide bonds. The molecule has 1 N–H and O–H groups in total. The van der Waals surface area contributed by atoms with Gasteiger partial charge in [-0.15, -0.1) is 0 Å². The Labute approximate surface area is 155 Å². The highest BCUT2D eigenvalue weighted by molar-refractivity contribution is 6.29. The van der Waals surface area contributed by atoms with Crippen LogP contribution in [-0.2, 0) is 6.54 Å². The predicted octanol–water partition coefficient (Wildman–Crippen LogP) is 3.81. The second-order valence-corrected chi connectivity index (χ2v) is 7.70. The molecule has 1 saturated heterocycles. The van der Waals surface area contributed by atoms with Gasteiger partial charge in [0.15, 0.2) is 0 Å². The van der Waals surface area contributed by atoms with Crippen molar-refractivity contribution in [3.8, 4) is 11.3 Å². The van der Waals surface area contributed by atoms with Crippen LogP contribution in [0.25, 0.3) is 11.3 Å². The molecule has 2 aromatic heterocycles. The highest BCUT2D eigenvalue weighted by atomic mass is 35.5. The van der Waals surface area contributed by atoms with Crippen LogP contribution in [0.3, 0.4) is 0 Å². The zero-order valence-corrected chi connectivity index (χ0v) is 15.0. The second-order valence-electron chi connectivity index (χ2n) is 7.31. The Morgan fingerprint density at radius 2 is 1.85 bits per heavy atom. The number of likely N-dealkylation sites (tertiary alicyclic amines) is 1. The lowest BCUT2D eigenvalue weighted by atomic mass is 9.89. The molecule has 3 heterocycles. The SMILES string of the molecule is OC1(C2CCN(Cc3cnc(-c4cnc(Cl)cc4F)c(F)c3)CC2)CC1. The first-order valence-corrected chi connectivity index (χ1v) is 9.23. The van der Waals surface area contributed by atoms with Gasteiger partial charge in [0.2, 0.25) is 0 Å². The van der Waals surface area contributed by atoms with Gasteiger partial charge in [-0.2, -0.15) is 0 Å². The number of nitrogens with zero attached hydrogens (tertiary/aromatic N) is 3. The van der Waals surface area contributed by atoms with Gasteiger partial charge in [0.1, 0.15) is 22.5 Å². The summed E-state index contributed by atoms with van der Waals surface area (Å²) in [5.74, 6) is -0.840. The number of halogens is 3. The Hall–Kier alpha value is -1.63. The van der Waals surface area contributed by atoms with Crippen LogP contribution in [0.15, 0.2) is 24.5 Å². The molecule has 4 rings (SSSR count). The molecular weight excluding hydrogens is 360 g/mol. The van der Waals surface area contributed by atoms with E-state index in [0.717, 1.165) is 50.4 Å². The highest BCUT2D eigenvalue weighted by Gasteiger charge is 2.47. The molecule has 0 unspecified atom stereocenters. The first-order chi connectivity index (χ1) is 12.4. The molecule has 4 nitrogen and oxygen atoms in total. The second kappa shape index (κ2) is 6.83. The maximum atomic E-state index is 14.5. The molecule has 1 aliphatic heterocycles. The Kier molecular flexibility index (Phi) is 4.67. The molecule has 1 aliphatic carbocycles. The Morgan fingerprint density at radius 3 is 2.46 bits per heavy atom. The third kappa shape index (κ3) is 3.59. The van der Waals surface area contributed by atoms with Gasteiger partial charge in [0.05, 0.1) is 11.2 Å². The first-order valence-electron chi connectivity index (χ1n) is 8.85. The standard InChI is InChI=1S/C19H20ClF2N3O/c20-17-8-15(21)14(10-23-17)18-16(22)7-12(9-24-18)11-25-5-1-13(2-6-25)19(26)3-4-19/h7-10,13,26H,1-6,11H2. The van der Waals surface area contributed by atoms with Crippen molar-refractivity contribution < 1.29 is 13.9 Å². The number of aliphatic hydroxyl groups is 1. The van der Waals surface area contributed by atoms with Crippen LogP contribution in [0.2, 0.25) is 5.15 Å². The third-order valence-corrected chi connectivity index (χ3v) is 5.70. The van der Waals surface area contributed by atoms with E-state index in [2.05, 4.69) is 14.9 Å². The van der Waals surface area contributed by atoms with Crippen LogP contribution < -0.4 is 0 Å². The molecule has 1 saturated carbocycles. The van der Waals surface area contributed by atoms with Crippen LogP contribution in [0.1, 0.15) is 31.2 Å². The summed E-state index contributed by atoms with van der Waals surface area (Å²) in [6, 6.07) is 2.45. The van der Waals surface area contributed by atoms with Crippen LogP contribution in [0.4, 0.5) is 8.78 Å². The van der Waals surface area contributed by atoms with E-state index < -0.39 is 17.2 Å². The normalized spacial score (nSPS) is 20.3. The predicted molar refractivity (Wildman–Crippen MR) is 94.6 cm³/mol. The fourth-order valence-corrected chi connectivity index (χ4v) is 3.91. The van der Waals surface area contributed by atoms with Gasteiger partial charge >= 0.3 is 0 Å². The number of pyridine rings is 2. The summed E-state index contributed by atoms with van der Waals surface area (Å²) in [6.07, 6.45) is 6.54. The van der Waals surface area contributed by atoms with Crippen molar-refractivity contribution in [1.29, 1.82) is 0 Å². The minimum atomic E-state index is -0.649. The molecule has 2 fully saturated rings. The molecule has 0 bridgehead atoms. The quantitative estimate of drug-likeness (QED) is 0.821. The fraction of sp³-hybridized carbons (Fsp3) is 0.474. The van der Waals surface area contributed by atoms with Crippen molar-refractivity contribution in [3.63, 3.8) is 0 Å². The molecule has 2 aromatic rings. The smallest absolute Gasteiger partial charge is 0.149 e. The summed E-state index contributed by atoms with van der Waals surface area (Å²) in [5.41, 5.74) is 0.261. The lowest BCUT2D eigenvalue weighted by molar-refractivity contribution is 0.0375. The summed E-state index contributed by atoms with van der Waals surface area (Å²) in [4.78, 5) is 10.1. The van der Waals surface area contributed by atoms with Crippen LogP contribution >= 0.6 is 11.6 Å². The van der Waals surface area contributed by atoms with E-state index in [-0.39, 0.29) is 16.4 Å². The van der Waals surface area contributed by atoms with E-state index in [4.69, 9.17) is 11.6 Å². The van der Waals surface area contributed by atoms with Gasteiger partial charge in [-0.25, -0.2) is 13.8 Å². The Morgan fingerprint density at radius 1 is 1.12 bits per heavy atom. The van der Waals surface area contributed by atoms with Crippen LogP contribution in [0, 0.1) is 17.6 Å². The highest BCUT2D eigenvalue weighted by Crippen LogP contribution is 2.46. The lowest BCUT2D eigenvalue weighted by Crippen LogP contribution is -2.38. The van der Waals surface area contributed by atoms with Crippen LogP contribution in [-0.4, -0.2) is 38.7 Å². The monoisotopic (exact) mass is 379 g/mol. The maximum absolute atomic E-state index is 14.5. The van der Waals surface area contributed by atoms with E-state index in [9.17, 15) is 13.9 Å². The fourth-order valence-electron chi connectivity index (χ4n) is 3.77. The molecule has 26 heavy (non-hydrogen) atoms. The summed E-state index contributed by atoms with van der Waals surface area (Å²) in [6.45, 7) is 2.36. The number of piperidine rings is 1. The summed E-state index contributed by atoms with van der Waals surface area (Å²) in [5, 5.41) is 10.2. The van der Waals surface area contributed by atoms with E-state index >= 15 is 0 Å². The van der Waals surface area contributed by atoms with Crippen molar-refractivity contribution in [1.82, 2.24) is 14.9 Å². The molecule has 7 heteroatoms. The lowest BCUT2D eigenvalue weighted by Gasteiger charge is -2.34. The summed E-state index contributed by atoms with van der Waals surface area (Å²) < 4.78 is 28.4. The molecule has 2 aliphatic rings. The molecule has 138 valence electrons. The van der Waals surface area contributed by atoms with Gasteiger partial charge in [-0.05, 0) is 56.3 Å². The van der Waals surface area contributed by atoms with Crippen molar-refractivity contribution in [2.24, 2.45) is 5.92 Å². The van der Waals surface area contributed by atoms with Gasteiger partial charge in [-0.3, -0.25) is 9.88 Å². The van der Waals surface area contributed by atoms with Gasteiger partial charge in [-0.1, -0.05) is 11.6 Å². The average Bonchev–Trinajstić information content (AvgIpc) is 3.35. The minimum Gasteiger partial charge on any atom is -0.390 e. The Balaban J connectivity index is 1.43. The van der Waals surface area contributed by atoms with Crippen molar-refractivity contribution in [2.45, 2.75) is 37.8 Å². The number of hydrogen-bond acceptors (Lipinski definition) is 4. The zero-order chi connectivity index (χ0) is 18.3. The molecule has 0 spiro atoms. The van der Waals surface area contributed by atoms with E-state index in [1.807, 2.05) is 0 Å². The largest absolute Gasteiger partial charge is 0.390 e.